The molecular formula is C17H18ClN3O4. The van der Waals surface area contributed by atoms with Gasteiger partial charge in [0.1, 0.15) is 11.5 Å². The largest absolute Gasteiger partial charge is 0.457 e. The van der Waals surface area contributed by atoms with Gasteiger partial charge in [-0.1, -0.05) is 17.7 Å². The number of halogens is 1. The second-order valence-corrected chi connectivity index (χ2v) is 5.45. The van der Waals surface area contributed by atoms with Crippen LogP contribution in [0.15, 0.2) is 48.5 Å². The first-order valence-corrected chi connectivity index (χ1v) is 7.87. The Kier molecular flexibility index (Phi) is 6.62. The molecule has 0 atom stereocenters. The van der Waals surface area contributed by atoms with Crippen molar-refractivity contribution in [1.82, 2.24) is 15.7 Å². The Morgan fingerprint density at radius 3 is 2.56 bits per heavy atom. The molecule has 2 aromatic carbocycles. The van der Waals surface area contributed by atoms with Crippen LogP contribution in [-0.4, -0.2) is 42.3 Å². The van der Waals surface area contributed by atoms with E-state index >= 15 is 0 Å². The molecule has 0 heterocycles. The van der Waals surface area contributed by atoms with Crippen LogP contribution in [0.5, 0.6) is 11.5 Å². The Morgan fingerprint density at radius 2 is 1.88 bits per heavy atom. The van der Waals surface area contributed by atoms with Gasteiger partial charge >= 0.3 is 6.03 Å². The van der Waals surface area contributed by atoms with E-state index in [0.717, 1.165) is 0 Å². The molecule has 2 aromatic rings. The van der Waals surface area contributed by atoms with Gasteiger partial charge in [-0.2, -0.15) is 0 Å². The molecule has 0 aromatic heterocycles. The summed E-state index contributed by atoms with van der Waals surface area (Å²) in [5, 5.41) is 15.3. The van der Waals surface area contributed by atoms with Crippen molar-refractivity contribution < 1.29 is 19.5 Å². The Bertz CT molecular complexity index is 737. The molecule has 25 heavy (non-hydrogen) atoms. The normalized spacial score (nSPS) is 10.0. The highest BCUT2D eigenvalue weighted by Crippen LogP contribution is 2.23. The number of hydrogen-bond donors (Lipinski definition) is 3. The molecule has 0 unspecified atom stereocenters. The van der Waals surface area contributed by atoms with Gasteiger partial charge in [0.2, 0.25) is 0 Å². The number of hydrogen-bond acceptors (Lipinski definition) is 4. The summed E-state index contributed by atoms with van der Waals surface area (Å²) in [6, 6.07) is 12.9. The van der Waals surface area contributed by atoms with Crippen molar-refractivity contribution in [3.05, 3.63) is 59.1 Å². The van der Waals surface area contributed by atoms with Crippen molar-refractivity contribution >= 4 is 23.5 Å². The fourth-order valence-electron chi connectivity index (χ4n) is 1.95. The van der Waals surface area contributed by atoms with Crippen LogP contribution in [-0.2, 0) is 0 Å². The Labute approximate surface area is 150 Å². The van der Waals surface area contributed by atoms with Gasteiger partial charge in [-0.15, -0.1) is 0 Å². The minimum atomic E-state index is -0.646. The molecule has 0 aliphatic heterocycles. The zero-order valence-corrected chi connectivity index (χ0v) is 14.3. The number of benzene rings is 2. The zero-order valence-electron chi connectivity index (χ0n) is 13.5. The molecule has 132 valence electrons. The second kappa shape index (κ2) is 8.91. The van der Waals surface area contributed by atoms with Gasteiger partial charge in [-0.25, -0.2) is 9.86 Å². The van der Waals surface area contributed by atoms with E-state index in [4.69, 9.17) is 16.3 Å². The topological polar surface area (TPSA) is 90.9 Å². The lowest BCUT2D eigenvalue weighted by molar-refractivity contribution is -0.0407. The SMILES string of the molecule is CNC(=O)N(O)CCNC(=O)c1cccc(Oc2ccc(Cl)cc2)c1. The van der Waals surface area contributed by atoms with E-state index < -0.39 is 6.03 Å². The van der Waals surface area contributed by atoms with Crippen LogP contribution in [0, 0.1) is 0 Å². The summed E-state index contributed by atoms with van der Waals surface area (Å²) in [5.41, 5.74) is 0.399. The van der Waals surface area contributed by atoms with E-state index in [9.17, 15) is 14.8 Å². The zero-order chi connectivity index (χ0) is 18.2. The lowest BCUT2D eigenvalue weighted by atomic mass is 10.2. The maximum absolute atomic E-state index is 12.1. The van der Waals surface area contributed by atoms with E-state index in [0.29, 0.717) is 27.1 Å². The highest BCUT2D eigenvalue weighted by molar-refractivity contribution is 6.30. The molecule has 0 fully saturated rings. The molecule has 3 N–H and O–H groups in total. The van der Waals surface area contributed by atoms with Gasteiger partial charge in [0.05, 0.1) is 6.54 Å². The molecular weight excluding hydrogens is 346 g/mol. The van der Waals surface area contributed by atoms with Gasteiger partial charge in [0.25, 0.3) is 5.91 Å². The fourth-order valence-corrected chi connectivity index (χ4v) is 2.07. The third kappa shape index (κ3) is 5.66. The van der Waals surface area contributed by atoms with Gasteiger partial charge in [0, 0.05) is 24.2 Å². The molecule has 7 nitrogen and oxygen atoms in total. The third-order valence-corrected chi connectivity index (χ3v) is 3.46. The monoisotopic (exact) mass is 363 g/mol. The first-order valence-electron chi connectivity index (χ1n) is 7.49. The first kappa shape index (κ1) is 18.6. The molecule has 0 aliphatic carbocycles. The number of hydroxylamine groups is 2. The van der Waals surface area contributed by atoms with Crippen LogP contribution in [0.2, 0.25) is 5.02 Å². The smallest absolute Gasteiger partial charge is 0.340 e. The molecule has 0 bridgehead atoms. The van der Waals surface area contributed by atoms with Crippen LogP contribution in [0.1, 0.15) is 10.4 Å². The van der Waals surface area contributed by atoms with Crippen molar-refractivity contribution in [2.24, 2.45) is 0 Å². The average molecular weight is 364 g/mol. The molecule has 2 rings (SSSR count). The minimum Gasteiger partial charge on any atom is -0.457 e. The lowest BCUT2D eigenvalue weighted by Crippen LogP contribution is -2.40. The quantitative estimate of drug-likeness (QED) is 0.543. The van der Waals surface area contributed by atoms with E-state index in [1.54, 1.807) is 48.5 Å². The summed E-state index contributed by atoms with van der Waals surface area (Å²) in [7, 11) is 1.40. The van der Waals surface area contributed by atoms with Crippen molar-refractivity contribution in [2.45, 2.75) is 0 Å². The van der Waals surface area contributed by atoms with Gasteiger partial charge < -0.3 is 15.4 Å². The van der Waals surface area contributed by atoms with Gasteiger partial charge in [-0.3, -0.25) is 10.0 Å². The van der Waals surface area contributed by atoms with E-state index in [1.807, 2.05) is 0 Å². The molecule has 0 aliphatic rings. The van der Waals surface area contributed by atoms with E-state index in [-0.39, 0.29) is 19.0 Å². The maximum Gasteiger partial charge on any atom is 0.340 e. The number of nitrogens with zero attached hydrogens (tertiary/aromatic N) is 1. The van der Waals surface area contributed by atoms with Crippen LogP contribution >= 0.6 is 11.6 Å². The Hall–Kier alpha value is -2.77. The summed E-state index contributed by atoms with van der Waals surface area (Å²) >= 11 is 5.83. The summed E-state index contributed by atoms with van der Waals surface area (Å²) in [6.45, 7) is 0.0669. The van der Waals surface area contributed by atoms with Crippen LogP contribution in [0.4, 0.5) is 4.79 Å². The van der Waals surface area contributed by atoms with Gasteiger partial charge in [-0.05, 0) is 42.5 Å². The predicted octanol–water partition coefficient (Wildman–Crippen LogP) is 2.89. The standard InChI is InChI=1S/C17H18ClN3O4/c1-19-17(23)21(24)10-9-20-16(22)12-3-2-4-15(11-12)25-14-7-5-13(18)6-8-14/h2-8,11,24H,9-10H2,1H3,(H,19,23)(H,20,22). The molecule has 0 spiro atoms. The highest BCUT2D eigenvalue weighted by Gasteiger charge is 2.10. The van der Waals surface area contributed by atoms with Crippen molar-refractivity contribution in [2.75, 3.05) is 20.1 Å². The molecule has 8 heteroatoms. The number of carbonyl (C=O) groups excluding carboxylic acids is 2. The van der Waals surface area contributed by atoms with Crippen LogP contribution in [0.25, 0.3) is 0 Å². The number of nitrogens with one attached hydrogen (secondary N) is 2. The molecule has 0 saturated carbocycles. The minimum absolute atomic E-state index is 0.0353. The lowest BCUT2D eigenvalue weighted by Gasteiger charge is -2.14. The molecule has 3 amide bonds. The second-order valence-electron chi connectivity index (χ2n) is 5.02. The summed E-state index contributed by atoms with van der Waals surface area (Å²) in [5.74, 6) is 0.763. The maximum atomic E-state index is 12.1. The van der Waals surface area contributed by atoms with Crippen molar-refractivity contribution in [3.8, 4) is 11.5 Å². The predicted molar refractivity (Wildman–Crippen MR) is 93.2 cm³/mol. The number of carbonyl (C=O) groups is 2. The average Bonchev–Trinajstić information content (AvgIpc) is 2.63. The van der Waals surface area contributed by atoms with Crippen LogP contribution in [0.3, 0.4) is 0 Å². The number of amides is 3. The fraction of sp³-hybridized carbons (Fsp3) is 0.176. The van der Waals surface area contributed by atoms with Crippen molar-refractivity contribution in [1.29, 1.82) is 0 Å². The Balaban J connectivity index is 1.92. The number of rotatable bonds is 6. The Morgan fingerprint density at radius 1 is 1.16 bits per heavy atom. The summed E-state index contributed by atoms with van der Waals surface area (Å²) in [4.78, 5) is 23.3. The highest BCUT2D eigenvalue weighted by atomic mass is 35.5. The van der Waals surface area contributed by atoms with Crippen molar-refractivity contribution in [3.63, 3.8) is 0 Å². The molecule has 0 radical (unpaired) electrons. The first-order chi connectivity index (χ1) is 12.0. The van der Waals surface area contributed by atoms with Gasteiger partial charge in [0.15, 0.2) is 0 Å². The number of urea groups is 1. The van der Waals surface area contributed by atoms with E-state index in [2.05, 4.69) is 10.6 Å². The molecule has 0 saturated heterocycles. The summed E-state index contributed by atoms with van der Waals surface area (Å²) in [6.07, 6.45) is 0. The summed E-state index contributed by atoms with van der Waals surface area (Å²) < 4.78 is 5.67. The third-order valence-electron chi connectivity index (χ3n) is 3.20. The van der Waals surface area contributed by atoms with E-state index in [1.165, 1.54) is 7.05 Å². The van der Waals surface area contributed by atoms with Crippen LogP contribution < -0.4 is 15.4 Å². The number of ether oxygens (including phenoxy) is 1.